The lowest BCUT2D eigenvalue weighted by Gasteiger charge is -2.28. The minimum Gasteiger partial charge on any atom is -0.490 e. The van der Waals surface area contributed by atoms with Gasteiger partial charge in [0.05, 0.1) is 6.10 Å². The van der Waals surface area contributed by atoms with Crippen LogP contribution in [0.5, 0.6) is 5.75 Å². The Hall–Kier alpha value is -3.68. The van der Waals surface area contributed by atoms with Gasteiger partial charge in [-0.05, 0) is 75.2 Å². The maximum atomic E-state index is 14.3. The lowest BCUT2D eigenvalue weighted by atomic mass is 9.95. The highest BCUT2D eigenvalue weighted by Gasteiger charge is 2.25. The molecule has 42 heavy (non-hydrogen) atoms. The summed E-state index contributed by atoms with van der Waals surface area (Å²) in [5, 5.41) is 0. The highest BCUT2D eigenvalue weighted by atomic mass is 16.5. The van der Waals surface area contributed by atoms with Crippen LogP contribution in [-0.4, -0.2) is 74.7 Å². The Bertz CT molecular complexity index is 1360. The largest absolute Gasteiger partial charge is 0.490 e. The third-order valence-electron chi connectivity index (χ3n) is 7.59. The van der Waals surface area contributed by atoms with E-state index < -0.39 is 0 Å². The van der Waals surface area contributed by atoms with Crippen LogP contribution in [0.3, 0.4) is 0 Å². The Labute approximate surface area is 251 Å². The van der Waals surface area contributed by atoms with Crippen molar-refractivity contribution in [1.29, 1.82) is 0 Å². The highest BCUT2D eigenvalue weighted by molar-refractivity contribution is 5.97. The smallest absolute Gasteiger partial charge is 0.254 e. The van der Waals surface area contributed by atoms with Crippen molar-refractivity contribution in [3.8, 4) is 16.9 Å². The Morgan fingerprint density at radius 2 is 1.69 bits per heavy atom. The summed E-state index contributed by atoms with van der Waals surface area (Å²) in [6.07, 6.45) is 2.62. The fourth-order valence-corrected chi connectivity index (χ4v) is 5.53. The van der Waals surface area contributed by atoms with E-state index >= 15 is 0 Å². The number of methoxy groups -OCH3 is 1. The van der Waals surface area contributed by atoms with E-state index in [9.17, 15) is 9.59 Å². The van der Waals surface area contributed by atoms with Crippen LogP contribution >= 0.6 is 0 Å². The van der Waals surface area contributed by atoms with Crippen LogP contribution in [0.1, 0.15) is 55.1 Å². The van der Waals surface area contributed by atoms with Crippen LogP contribution in [0.15, 0.2) is 66.7 Å². The lowest BCUT2D eigenvalue weighted by Crippen LogP contribution is -2.37. The van der Waals surface area contributed by atoms with Crippen molar-refractivity contribution in [2.24, 2.45) is 0 Å². The first-order valence-electron chi connectivity index (χ1n) is 15.1. The first kappa shape index (κ1) is 31.3. The van der Waals surface area contributed by atoms with Gasteiger partial charge in [-0.15, -0.1) is 0 Å². The van der Waals surface area contributed by atoms with Gasteiger partial charge in [-0.2, -0.15) is 0 Å². The maximum Gasteiger partial charge on any atom is 0.254 e. The molecule has 0 aromatic heterocycles. The number of fused-ring (bicyclic) bond motifs is 1. The van der Waals surface area contributed by atoms with Gasteiger partial charge in [0.15, 0.2) is 0 Å². The van der Waals surface area contributed by atoms with E-state index in [0.717, 1.165) is 71.6 Å². The fourth-order valence-electron chi connectivity index (χ4n) is 5.53. The van der Waals surface area contributed by atoms with Crippen LogP contribution < -0.4 is 9.64 Å². The number of ether oxygens (including phenoxy) is 2. The van der Waals surface area contributed by atoms with E-state index in [1.165, 1.54) is 0 Å². The topological polar surface area (TPSA) is 62.3 Å². The van der Waals surface area contributed by atoms with Crippen molar-refractivity contribution in [3.63, 3.8) is 0 Å². The molecule has 0 aliphatic carbocycles. The molecule has 0 bridgehead atoms. The van der Waals surface area contributed by atoms with Gasteiger partial charge in [0.1, 0.15) is 12.4 Å². The van der Waals surface area contributed by atoms with Crippen molar-refractivity contribution in [1.82, 2.24) is 9.80 Å². The van der Waals surface area contributed by atoms with Crippen molar-refractivity contribution < 1.29 is 19.1 Å². The van der Waals surface area contributed by atoms with E-state index in [2.05, 4.69) is 31.0 Å². The number of benzene rings is 3. The van der Waals surface area contributed by atoms with Crippen molar-refractivity contribution in [2.45, 2.75) is 52.7 Å². The average molecular weight is 572 g/mol. The molecule has 0 radical (unpaired) electrons. The molecule has 0 spiro atoms. The number of carbonyl (C=O) groups excluding carboxylic acids is 2. The van der Waals surface area contributed by atoms with Crippen LogP contribution in [0.4, 0.5) is 5.69 Å². The zero-order valence-electron chi connectivity index (χ0n) is 25.8. The molecule has 7 nitrogen and oxygen atoms in total. The third kappa shape index (κ3) is 7.78. The number of rotatable bonds is 8. The molecule has 0 fully saturated rings. The van der Waals surface area contributed by atoms with Crippen LogP contribution in [0.25, 0.3) is 11.1 Å². The summed E-state index contributed by atoms with van der Waals surface area (Å²) in [5.74, 6) is 0.773. The normalized spacial score (nSPS) is 14.8. The van der Waals surface area contributed by atoms with Crippen molar-refractivity contribution in [2.75, 3.05) is 51.8 Å². The van der Waals surface area contributed by atoms with Crippen molar-refractivity contribution in [3.05, 3.63) is 83.4 Å². The number of anilines is 1. The first-order chi connectivity index (χ1) is 20.3. The average Bonchev–Trinajstić information content (AvgIpc) is 3.00. The number of amides is 2. The molecule has 0 saturated heterocycles. The Morgan fingerprint density at radius 1 is 0.929 bits per heavy atom. The molecule has 1 aliphatic rings. The molecule has 3 aromatic rings. The summed E-state index contributed by atoms with van der Waals surface area (Å²) in [6.45, 7) is 9.40. The fraction of sp³-hybridized carbons (Fsp3) is 0.429. The highest BCUT2D eigenvalue weighted by Crippen LogP contribution is 2.33. The van der Waals surface area contributed by atoms with E-state index in [0.29, 0.717) is 19.6 Å². The molecule has 224 valence electrons. The SMILES string of the molecule is CCCc1cc(-c2ccccc2OC(C)C)ccc1C(=O)N1CCN(C)CCCN(C(=O)COC)c2ccccc2C1. The Balaban J connectivity index is 1.71. The number of nitrogens with zero attached hydrogens (tertiary/aromatic N) is 3. The molecule has 1 aliphatic heterocycles. The summed E-state index contributed by atoms with van der Waals surface area (Å²) < 4.78 is 11.3. The Kier molecular flexibility index (Phi) is 11.2. The van der Waals surface area contributed by atoms with Crippen LogP contribution in [0, 0.1) is 0 Å². The molecule has 1 heterocycles. The van der Waals surface area contributed by atoms with Gasteiger partial charge < -0.3 is 24.2 Å². The van der Waals surface area contributed by atoms with Crippen LogP contribution in [0.2, 0.25) is 0 Å². The van der Waals surface area contributed by atoms with Gasteiger partial charge in [-0.1, -0.05) is 61.9 Å². The lowest BCUT2D eigenvalue weighted by molar-refractivity contribution is -0.122. The molecule has 7 heteroatoms. The maximum absolute atomic E-state index is 14.3. The van der Waals surface area contributed by atoms with E-state index in [1.807, 2.05) is 78.2 Å². The predicted octanol–water partition coefficient (Wildman–Crippen LogP) is 6.05. The molecule has 0 saturated carbocycles. The molecule has 3 aromatic carbocycles. The molecule has 2 amide bonds. The molecular weight excluding hydrogens is 526 g/mol. The number of para-hydroxylation sites is 2. The molecule has 0 unspecified atom stereocenters. The van der Waals surface area contributed by atoms with E-state index in [1.54, 1.807) is 7.11 Å². The van der Waals surface area contributed by atoms with E-state index in [4.69, 9.17) is 9.47 Å². The summed E-state index contributed by atoms with van der Waals surface area (Å²) in [5.41, 5.74) is 5.62. The monoisotopic (exact) mass is 571 g/mol. The number of hydrogen-bond donors (Lipinski definition) is 0. The number of carbonyl (C=O) groups is 2. The molecule has 0 atom stereocenters. The summed E-state index contributed by atoms with van der Waals surface area (Å²) >= 11 is 0. The summed E-state index contributed by atoms with van der Waals surface area (Å²) in [7, 11) is 3.61. The molecule has 4 rings (SSSR count). The summed E-state index contributed by atoms with van der Waals surface area (Å²) in [4.78, 5) is 33.4. The van der Waals surface area contributed by atoms with Gasteiger partial charge in [-0.25, -0.2) is 0 Å². The zero-order chi connectivity index (χ0) is 30.1. The molecule has 0 N–H and O–H groups in total. The standard InChI is InChI=1S/C35H45N3O4/c1-6-12-27-23-28(30-14-8-10-16-33(30)42-26(2)3)17-18-31(27)35(40)37-22-21-36(4)19-11-20-38(34(39)25-41-5)32-15-9-7-13-29(32)24-37/h7-10,13-18,23,26H,6,11-12,19-22,24-25H2,1-5H3. The first-order valence-corrected chi connectivity index (χ1v) is 15.1. The second-order valence-electron chi connectivity index (χ2n) is 11.3. The zero-order valence-corrected chi connectivity index (χ0v) is 25.8. The van der Waals surface area contributed by atoms with Gasteiger partial charge in [0.25, 0.3) is 11.8 Å². The number of likely N-dealkylation sites (N-methyl/N-ethyl adjacent to an activating group) is 1. The van der Waals surface area contributed by atoms with Crippen molar-refractivity contribution >= 4 is 17.5 Å². The second-order valence-corrected chi connectivity index (χ2v) is 11.3. The minimum atomic E-state index is -0.0766. The van der Waals surface area contributed by atoms with Gasteiger partial charge in [0, 0.05) is 50.1 Å². The minimum absolute atomic E-state index is 0.00827. The molecular formula is C35H45N3O4. The predicted molar refractivity (Wildman–Crippen MR) is 169 cm³/mol. The summed E-state index contributed by atoms with van der Waals surface area (Å²) in [6, 6.07) is 22.1. The van der Waals surface area contributed by atoms with Crippen LogP contribution in [-0.2, 0) is 22.5 Å². The second kappa shape index (κ2) is 15.0. The number of hydrogen-bond acceptors (Lipinski definition) is 5. The Morgan fingerprint density at radius 3 is 2.45 bits per heavy atom. The van der Waals surface area contributed by atoms with Gasteiger partial charge in [-0.3, -0.25) is 9.59 Å². The number of aryl methyl sites for hydroxylation is 1. The van der Waals surface area contributed by atoms with E-state index in [-0.39, 0.29) is 24.5 Å². The van der Waals surface area contributed by atoms with Gasteiger partial charge in [0.2, 0.25) is 0 Å². The van der Waals surface area contributed by atoms with Gasteiger partial charge >= 0.3 is 0 Å². The third-order valence-corrected chi connectivity index (χ3v) is 7.59. The quantitative estimate of drug-likeness (QED) is 0.329.